The van der Waals surface area contributed by atoms with Gasteiger partial charge in [0.25, 0.3) is 5.91 Å². The molecule has 2 aromatic rings. The van der Waals surface area contributed by atoms with E-state index in [-0.39, 0.29) is 5.91 Å². The van der Waals surface area contributed by atoms with Gasteiger partial charge in [-0.15, -0.1) is 0 Å². The summed E-state index contributed by atoms with van der Waals surface area (Å²) in [7, 11) is 1.76. The van der Waals surface area contributed by atoms with Crippen LogP contribution in [0.2, 0.25) is 5.02 Å². The highest BCUT2D eigenvalue weighted by atomic mass is 79.9. The van der Waals surface area contributed by atoms with Crippen molar-refractivity contribution >= 4 is 39.1 Å². The average Bonchev–Trinajstić information content (AvgIpc) is 2.75. The van der Waals surface area contributed by atoms with E-state index in [2.05, 4.69) is 26.3 Å². The van der Waals surface area contributed by atoms with Gasteiger partial charge in [0.1, 0.15) is 5.69 Å². The number of carbonyl (C=O) groups is 1. The molecule has 2 rings (SSSR count). The number of rotatable bonds is 3. The molecule has 0 aliphatic carbocycles. The molecule has 0 unspecified atom stereocenters. The van der Waals surface area contributed by atoms with E-state index in [0.717, 1.165) is 16.6 Å². The Bertz CT molecular complexity index is 624. The van der Waals surface area contributed by atoms with E-state index >= 15 is 0 Å². The van der Waals surface area contributed by atoms with Crippen molar-refractivity contribution in [3.63, 3.8) is 0 Å². The van der Waals surface area contributed by atoms with E-state index < -0.39 is 0 Å². The first-order valence-electron chi connectivity index (χ1n) is 5.80. The van der Waals surface area contributed by atoms with Crippen LogP contribution in [-0.2, 0) is 13.5 Å². The van der Waals surface area contributed by atoms with Gasteiger partial charge >= 0.3 is 0 Å². The first kappa shape index (κ1) is 14.1. The number of benzene rings is 1. The van der Waals surface area contributed by atoms with E-state index in [0.29, 0.717) is 16.4 Å². The van der Waals surface area contributed by atoms with Gasteiger partial charge in [0.05, 0.1) is 10.7 Å². The fourth-order valence-corrected chi connectivity index (χ4v) is 2.18. The Morgan fingerprint density at radius 3 is 2.79 bits per heavy atom. The Balaban J connectivity index is 2.20. The second kappa shape index (κ2) is 5.75. The quantitative estimate of drug-likeness (QED) is 0.925. The number of hydrogen-bond donors (Lipinski definition) is 1. The molecule has 1 aromatic heterocycles. The summed E-state index contributed by atoms with van der Waals surface area (Å²) in [5.74, 6) is -0.191. The van der Waals surface area contributed by atoms with E-state index in [1.807, 2.05) is 6.92 Å². The maximum atomic E-state index is 12.1. The molecular weight excluding hydrogens is 330 g/mol. The first-order valence-corrected chi connectivity index (χ1v) is 6.97. The third-order valence-electron chi connectivity index (χ3n) is 2.70. The van der Waals surface area contributed by atoms with Gasteiger partial charge in [-0.2, -0.15) is 5.10 Å². The summed E-state index contributed by atoms with van der Waals surface area (Å²) < 4.78 is 2.32. The van der Waals surface area contributed by atoms with Crippen molar-refractivity contribution in [2.24, 2.45) is 7.05 Å². The van der Waals surface area contributed by atoms with E-state index in [4.69, 9.17) is 11.6 Å². The van der Waals surface area contributed by atoms with Crippen LogP contribution >= 0.6 is 27.5 Å². The molecule has 100 valence electrons. The minimum atomic E-state index is -0.191. The third kappa shape index (κ3) is 3.16. The van der Waals surface area contributed by atoms with Crippen LogP contribution in [0.4, 0.5) is 5.69 Å². The Kier molecular flexibility index (Phi) is 4.27. The van der Waals surface area contributed by atoms with Gasteiger partial charge in [-0.1, -0.05) is 18.5 Å². The molecule has 1 heterocycles. The van der Waals surface area contributed by atoms with Crippen molar-refractivity contribution < 1.29 is 4.79 Å². The zero-order valence-electron chi connectivity index (χ0n) is 10.6. The number of aromatic nitrogens is 2. The summed E-state index contributed by atoms with van der Waals surface area (Å²) in [4.78, 5) is 12.1. The molecule has 0 spiro atoms. The van der Waals surface area contributed by atoms with Gasteiger partial charge in [-0.25, -0.2) is 0 Å². The summed E-state index contributed by atoms with van der Waals surface area (Å²) in [6, 6.07) is 7.03. The topological polar surface area (TPSA) is 46.9 Å². The third-order valence-corrected chi connectivity index (χ3v) is 3.92. The summed E-state index contributed by atoms with van der Waals surface area (Å²) in [5.41, 5.74) is 2.10. The Morgan fingerprint density at radius 2 is 2.21 bits per heavy atom. The zero-order valence-corrected chi connectivity index (χ0v) is 12.9. The van der Waals surface area contributed by atoms with Gasteiger partial charge in [0.15, 0.2) is 0 Å². The Morgan fingerprint density at radius 1 is 1.47 bits per heavy atom. The standard InChI is InChI=1S/C13H13BrClN3O/c1-3-8-7-12(18(2)17-8)13(19)16-9-4-5-11(15)10(14)6-9/h4-7H,3H2,1-2H3,(H,16,19). The van der Waals surface area contributed by atoms with Crippen molar-refractivity contribution in [3.8, 4) is 0 Å². The molecule has 0 aliphatic heterocycles. The highest BCUT2D eigenvalue weighted by Gasteiger charge is 2.13. The maximum absolute atomic E-state index is 12.1. The van der Waals surface area contributed by atoms with Crippen LogP contribution in [0.5, 0.6) is 0 Å². The number of nitrogens with one attached hydrogen (secondary N) is 1. The van der Waals surface area contributed by atoms with Crippen LogP contribution in [0.1, 0.15) is 23.1 Å². The van der Waals surface area contributed by atoms with Crippen LogP contribution in [0.15, 0.2) is 28.7 Å². The number of nitrogens with zero attached hydrogens (tertiary/aromatic N) is 2. The lowest BCUT2D eigenvalue weighted by Crippen LogP contribution is -2.16. The lowest BCUT2D eigenvalue weighted by molar-refractivity contribution is 0.101. The fraction of sp³-hybridized carbons (Fsp3) is 0.231. The molecule has 0 radical (unpaired) electrons. The minimum Gasteiger partial charge on any atom is -0.321 e. The number of carbonyl (C=O) groups excluding carboxylic acids is 1. The van der Waals surface area contributed by atoms with Gasteiger partial charge in [0.2, 0.25) is 0 Å². The fourth-order valence-electron chi connectivity index (χ4n) is 1.68. The summed E-state index contributed by atoms with van der Waals surface area (Å²) in [6.07, 6.45) is 0.799. The maximum Gasteiger partial charge on any atom is 0.273 e. The van der Waals surface area contributed by atoms with Crippen molar-refractivity contribution in [1.29, 1.82) is 0 Å². The largest absolute Gasteiger partial charge is 0.321 e. The summed E-state index contributed by atoms with van der Waals surface area (Å²) in [5, 5.41) is 7.67. The van der Waals surface area contributed by atoms with Gasteiger partial charge in [0, 0.05) is 17.2 Å². The molecule has 19 heavy (non-hydrogen) atoms. The lowest BCUT2D eigenvalue weighted by atomic mass is 10.2. The molecule has 1 aromatic carbocycles. The van der Waals surface area contributed by atoms with Crippen molar-refractivity contribution in [1.82, 2.24) is 9.78 Å². The molecule has 0 atom stereocenters. The second-order valence-corrected chi connectivity index (χ2v) is 5.34. The predicted molar refractivity (Wildman–Crippen MR) is 79.7 cm³/mol. The molecule has 0 aliphatic rings. The van der Waals surface area contributed by atoms with Crippen LogP contribution in [-0.4, -0.2) is 15.7 Å². The molecule has 4 nitrogen and oxygen atoms in total. The van der Waals surface area contributed by atoms with E-state index in [9.17, 15) is 4.79 Å². The molecule has 0 bridgehead atoms. The van der Waals surface area contributed by atoms with Crippen molar-refractivity contribution in [2.75, 3.05) is 5.32 Å². The smallest absolute Gasteiger partial charge is 0.273 e. The Hall–Kier alpha value is -1.33. The average molecular weight is 343 g/mol. The lowest BCUT2D eigenvalue weighted by Gasteiger charge is -2.06. The molecule has 0 saturated carbocycles. The monoisotopic (exact) mass is 341 g/mol. The van der Waals surface area contributed by atoms with Crippen molar-refractivity contribution in [2.45, 2.75) is 13.3 Å². The molecular formula is C13H13BrClN3O. The second-order valence-electron chi connectivity index (χ2n) is 4.08. The highest BCUT2D eigenvalue weighted by molar-refractivity contribution is 9.10. The predicted octanol–water partition coefficient (Wildman–Crippen LogP) is 3.65. The van der Waals surface area contributed by atoms with Crippen molar-refractivity contribution in [3.05, 3.63) is 45.1 Å². The molecule has 0 fully saturated rings. The first-order chi connectivity index (χ1) is 9.01. The van der Waals surface area contributed by atoms with Crippen LogP contribution in [0.3, 0.4) is 0 Å². The van der Waals surface area contributed by atoms with Gasteiger partial charge in [-0.05, 0) is 46.6 Å². The normalized spacial score (nSPS) is 10.5. The van der Waals surface area contributed by atoms with Gasteiger partial charge < -0.3 is 5.32 Å². The minimum absolute atomic E-state index is 0.191. The van der Waals surface area contributed by atoms with Gasteiger partial charge in [-0.3, -0.25) is 9.48 Å². The van der Waals surface area contributed by atoms with Crippen LogP contribution in [0.25, 0.3) is 0 Å². The molecule has 6 heteroatoms. The van der Waals surface area contributed by atoms with Crippen LogP contribution in [0, 0.1) is 0 Å². The van der Waals surface area contributed by atoms with E-state index in [1.54, 1.807) is 36.0 Å². The number of hydrogen-bond acceptors (Lipinski definition) is 2. The molecule has 1 amide bonds. The number of amides is 1. The number of anilines is 1. The highest BCUT2D eigenvalue weighted by Crippen LogP contribution is 2.25. The zero-order chi connectivity index (χ0) is 14.0. The summed E-state index contributed by atoms with van der Waals surface area (Å²) >= 11 is 9.23. The molecule has 0 saturated heterocycles. The molecule has 1 N–H and O–H groups in total. The Labute approximate surface area is 124 Å². The number of halogens is 2. The SMILES string of the molecule is CCc1cc(C(=O)Nc2ccc(Cl)c(Br)c2)n(C)n1. The van der Waals surface area contributed by atoms with Crippen LogP contribution < -0.4 is 5.32 Å². The number of aryl methyl sites for hydroxylation is 2. The summed E-state index contributed by atoms with van der Waals surface area (Å²) in [6.45, 7) is 2.00. The van der Waals surface area contributed by atoms with E-state index in [1.165, 1.54) is 0 Å².